The molecule has 1 N–H and O–H groups in total. The third kappa shape index (κ3) is 2.20. The van der Waals surface area contributed by atoms with Crippen molar-refractivity contribution in [3.8, 4) is 0 Å². The average Bonchev–Trinajstić information content (AvgIpc) is 2.74. The Labute approximate surface area is 117 Å². The zero-order valence-corrected chi connectivity index (χ0v) is 11.9. The number of benzene rings is 1. The predicted octanol–water partition coefficient (Wildman–Crippen LogP) is 3.94. The summed E-state index contributed by atoms with van der Waals surface area (Å²) < 4.78 is 0. The van der Waals surface area contributed by atoms with E-state index in [2.05, 4.69) is 21.8 Å². The van der Waals surface area contributed by atoms with E-state index in [1.54, 1.807) is 6.07 Å². The molecule has 0 bridgehead atoms. The second kappa shape index (κ2) is 5.21. The summed E-state index contributed by atoms with van der Waals surface area (Å²) in [5.41, 5.74) is 2.81. The van der Waals surface area contributed by atoms with Gasteiger partial charge in [0.1, 0.15) is 0 Å². The van der Waals surface area contributed by atoms with Crippen LogP contribution in [0.2, 0.25) is 10.0 Å². The third-order valence-electron chi connectivity index (χ3n) is 2.72. The van der Waals surface area contributed by atoms with Crippen LogP contribution in [-0.4, -0.2) is 17.4 Å². The number of rotatable bonds is 0. The van der Waals surface area contributed by atoms with Gasteiger partial charge in [-0.25, -0.2) is 4.99 Å². The normalized spacial score (nSPS) is 16.1. The van der Waals surface area contributed by atoms with Crippen molar-refractivity contribution in [2.24, 2.45) is 4.99 Å². The molecule has 5 heteroatoms. The summed E-state index contributed by atoms with van der Waals surface area (Å²) in [6.45, 7) is 9.38. The quantitative estimate of drug-likeness (QED) is 0.781. The maximum Gasteiger partial charge on any atom is 0.204 e. The third-order valence-corrected chi connectivity index (χ3v) is 3.56. The molecule has 0 atom stereocenters. The van der Waals surface area contributed by atoms with Crippen LogP contribution >= 0.6 is 23.2 Å². The highest BCUT2D eigenvalue weighted by atomic mass is 35.5. The van der Waals surface area contributed by atoms with E-state index in [9.17, 15) is 0 Å². The molecule has 1 aromatic rings. The average molecular weight is 284 g/mol. The molecule has 0 amide bonds. The van der Waals surface area contributed by atoms with Crippen molar-refractivity contribution in [1.29, 1.82) is 0 Å². The first-order valence-electron chi connectivity index (χ1n) is 5.90. The molecular formula is C13H15Cl2N3. The Morgan fingerprint density at radius 2 is 2.00 bits per heavy atom. The van der Waals surface area contributed by atoms with Gasteiger partial charge in [-0.2, -0.15) is 0 Å². The Bertz CT molecular complexity index is 523. The van der Waals surface area contributed by atoms with Crippen LogP contribution in [0.15, 0.2) is 29.4 Å². The van der Waals surface area contributed by atoms with Crippen molar-refractivity contribution in [2.75, 3.05) is 6.54 Å². The van der Waals surface area contributed by atoms with E-state index in [0.29, 0.717) is 10.0 Å². The van der Waals surface area contributed by atoms with E-state index in [4.69, 9.17) is 23.2 Å². The number of halogens is 2. The fraction of sp³-hybridized carbons (Fsp3) is 0.308. The van der Waals surface area contributed by atoms with Crippen LogP contribution in [0.1, 0.15) is 19.4 Å². The smallest absolute Gasteiger partial charge is 0.204 e. The van der Waals surface area contributed by atoms with Crippen LogP contribution in [0, 0.1) is 0 Å². The van der Waals surface area contributed by atoms with E-state index in [1.807, 2.05) is 19.9 Å². The van der Waals surface area contributed by atoms with Crippen LogP contribution in [0.3, 0.4) is 0 Å². The minimum atomic E-state index is 0.574. The fourth-order valence-electron chi connectivity index (χ4n) is 1.95. The summed E-state index contributed by atoms with van der Waals surface area (Å²) in [7, 11) is 0. The Kier molecular flexibility index (Phi) is 3.83. The number of guanidine groups is 1. The minimum Gasteiger partial charge on any atom is -0.332 e. The fourth-order valence-corrected chi connectivity index (χ4v) is 2.35. The van der Waals surface area contributed by atoms with Crippen molar-refractivity contribution in [3.63, 3.8) is 0 Å². The molecule has 0 unspecified atom stereocenters. The van der Waals surface area contributed by atoms with Gasteiger partial charge in [-0.1, -0.05) is 43.6 Å². The summed E-state index contributed by atoms with van der Waals surface area (Å²) in [6.07, 6.45) is 0. The SMILES string of the molecule is C=C1CN2Cc3c(ccc(Cl)c3Cl)N=C2N1.CC. The standard InChI is InChI=1S/C11H9Cl2N3.C2H6/c1-6-4-16-5-7-9(15-11(16)14-6)3-2-8(12)10(7)13;1-2/h2-3H,1,4-5H2,(H,14,15);1-2H3. The molecule has 0 aliphatic carbocycles. The van der Waals surface area contributed by atoms with Gasteiger partial charge in [-0.15, -0.1) is 0 Å². The molecule has 2 heterocycles. The molecule has 0 saturated carbocycles. The highest BCUT2D eigenvalue weighted by Crippen LogP contribution is 2.37. The van der Waals surface area contributed by atoms with E-state index >= 15 is 0 Å². The lowest BCUT2D eigenvalue weighted by Crippen LogP contribution is -2.31. The first-order chi connectivity index (χ1) is 8.65. The molecule has 1 saturated heterocycles. The number of fused-ring (bicyclic) bond motifs is 2. The van der Waals surface area contributed by atoms with Crippen LogP contribution in [-0.2, 0) is 6.54 Å². The number of nitrogens with one attached hydrogen (secondary N) is 1. The lowest BCUT2D eigenvalue weighted by atomic mass is 10.1. The molecular weight excluding hydrogens is 269 g/mol. The Morgan fingerprint density at radius 1 is 1.28 bits per heavy atom. The second-order valence-corrected chi connectivity index (χ2v) is 4.66. The van der Waals surface area contributed by atoms with Crippen LogP contribution in [0.4, 0.5) is 5.69 Å². The van der Waals surface area contributed by atoms with Crippen molar-refractivity contribution in [1.82, 2.24) is 10.2 Å². The van der Waals surface area contributed by atoms with Crippen molar-refractivity contribution < 1.29 is 0 Å². The lowest BCUT2D eigenvalue weighted by molar-refractivity contribution is 0.463. The first-order valence-corrected chi connectivity index (χ1v) is 6.66. The minimum absolute atomic E-state index is 0.574. The molecule has 18 heavy (non-hydrogen) atoms. The first kappa shape index (κ1) is 13.2. The summed E-state index contributed by atoms with van der Waals surface area (Å²) in [6, 6.07) is 3.66. The maximum atomic E-state index is 6.17. The molecule has 0 spiro atoms. The van der Waals surface area contributed by atoms with Gasteiger partial charge < -0.3 is 10.2 Å². The molecule has 2 aliphatic heterocycles. The highest BCUT2D eigenvalue weighted by Gasteiger charge is 2.27. The zero-order chi connectivity index (χ0) is 13.3. The van der Waals surface area contributed by atoms with E-state index in [-0.39, 0.29) is 0 Å². The highest BCUT2D eigenvalue weighted by molar-refractivity contribution is 6.42. The van der Waals surface area contributed by atoms with Gasteiger partial charge in [0.05, 0.1) is 22.3 Å². The van der Waals surface area contributed by atoms with Crippen LogP contribution < -0.4 is 5.32 Å². The van der Waals surface area contributed by atoms with Gasteiger partial charge in [0.15, 0.2) is 0 Å². The van der Waals surface area contributed by atoms with E-state index in [0.717, 1.165) is 36.0 Å². The maximum absolute atomic E-state index is 6.17. The topological polar surface area (TPSA) is 27.6 Å². The summed E-state index contributed by atoms with van der Waals surface area (Å²) in [5.74, 6) is 0.843. The Hall–Kier alpha value is -1.19. The van der Waals surface area contributed by atoms with Gasteiger partial charge in [0, 0.05) is 17.8 Å². The van der Waals surface area contributed by atoms with Gasteiger partial charge in [0.2, 0.25) is 5.96 Å². The Morgan fingerprint density at radius 3 is 2.72 bits per heavy atom. The molecule has 3 nitrogen and oxygen atoms in total. The van der Waals surface area contributed by atoms with Crippen LogP contribution in [0.25, 0.3) is 0 Å². The summed E-state index contributed by atoms with van der Waals surface area (Å²) >= 11 is 12.2. The molecule has 0 radical (unpaired) electrons. The van der Waals surface area contributed by atoms with E-state index in [1.165, 1.54) is 0 Å². The van der Waals surface area contributed by atoms with Gasteiger partial charge in [-0.3, -0.25) is 0 Å². The summed E-state index contributed by atoms with van der Waals surface area (Å²) in [5, 5.41) is 4.31. The largest absolute Gasteiger partial charge is 0.332 e. The molecule has 0 aromatic heterocycles. The molecule has 96 valence electrons. The van der Waals surface area contributed by atoms with Crippen molar-refractivity contribution in [3.05, 3.63) is 40.0 Å². The molecule has 1 aromatic carbocycles. The Balaban J connectivity index is 0.000000574. The molecule has 1 fully saturated rings. The monoisotopic (exact) mass is 283 g/mol. The van der Waals surface area contributed by atoms with E-state index < -0.39 is 0 Å². The number of hydrogen-bond donors (Lipinski definition) is 1. The van der Waals surface area contributed by atoms with Crippen LogP contribution in [0.5, 0.6) is 0 Å². The number of aliphatic imine (C=N–C) groups is 1. The number of hydrogen-bond acceptors (Lipinski definition) is 3. The van der Waals surface area contributed by atoms with Gasteiger partial charge in [-0.05, 0) is 12.1 Å². The lowest BCUT2D eigenvalue weighted by Gasteiger charge is -2.24. The van der Waals surface area contributed by atoms with Gasteiger partial charge in [0.25, 0.3) is 0 Å². The molecule has 3 rings (SSSR count). The number of nitrogens with zero attached hydrogens (tertiary/aromatic N) is 2. The second-order valence-electron chi connectivity index (χ2n) is 3.88. The predicted molar refractivity (Wildman–Crippen MR) is 77.6 cm³/mol. The summed E-state index contributed by atoms with van der Waals surface area (Å²) in [4.78, 5) is 6.58. The van der Waals surface area contributed by atoms with Crippen molar-refractivity contribution >= 4 is 34.8 Å². The molecule has 2 aliphatic rings. The van der Waals surface area contributed by atoms with Crippen molar-refractivity contribution in [2.45, 2.75) is 20.4 Å². The zero-order valence-electron chi connectivity index (χ0n) is 10.4. The van der Waals surface area contributed by atoms with Gasteiger partial charge >= 0.3 is 0 Å².